The molecule has 1 N–H and O–H groups in total. The molecule has 0 aromatic heterocycles. The predicted octanol–water partition coefficient (Wildman–Crippen LogP) is 3.79. The fourth-order valence-electron chi connectivity index (χ4n) is 2.63. The van der Waals surface area contributed by atoms with Gasteiger partial charge in [-0.25, -0.2) is 0 Å². The van der Waals surface area contributed by atoms with E-state index in [0.29, 0.717) is 12.1 Å². The molecule has 0 spiro atoms. The summed E-state index contributed by atoms with van der Waals surface area (Å²) in [6.07, 6.45) is 0. The number of nitrogens with one attached hydrogen (secondary N) is 1. The van der Waals surface area contributed by atoms with Crippen molar-refractivity contribution in [1.29, 1.82) is 0 Å². The summed E-state index contributed by atoms with van der Waals surface area (Å²) < 4.78 is 10.6. The molecule has 3 rings (SSSR count). The van der Waals surface area contributed by atoms with E-state index in [0.717, 1.165) is 27.8 Å². The largest absolute Gasteiger partial charge is 0.497 e. The van der Waals surface area contributed by atoms with Crippen LogP contribution in [0, 0.1) is 0 Å². The molecule has 0 bridgehead atoms. The summed E-state index contributed by atoms with van der Waals surface area (Å²) in [5, 5.41) is 5.09. The SMILES string of the molecule is COc1ccc(OC)c(CNC(=O)c2ccc3ccccc3c2)c1. The minimum Gasteiger partial charge on any atom is -0.497 e. The number of hydrogen-bond donors (Lipinski definition) is 1. The second-order valence-corrected chi connectivity index (χ2v) is 5.42. The minimum atomic E-state index is -0.120. The molecular weight excluding hydrogens is 302 g/mol. The van der Waals surface area contributed by atoms with E-state index in [2.05, 4.69) is 5.32 Å². The van der Waals surface area contributed by atoms with E-state index in [1.165, 1.54) is 0 Å². The maximum Gasteiger partial charge on any atom is 0.251 e. The van der Waals surface area contributed by atoms with Gasteiger partial charge in [0, 0.05) is 17.7 Å². The van der Waals surface area contributed by atoms with Gasteiger partial charge in [-0.15, -0.1) is 0 Å². The Hall–Kier alpha value is -3.01. The molecule has 0 aliphatic heterocycles. The minimum absolute atomic E-state index is 0.120. The molecule has 122 valence electrons. The smallest absolute Gasteiger partial charge is 0.251 e. The first-order chi connectivity index (χ1) is 11.7. The molecule has 0 fully saturated rings. The molecule has 3 aromatic carbocycles. The van der Waals surface area contributed by atoms with Crippen molar-refractivity contribution < 1.29 is 14.3 Å². The number of benzene rings is 3. The van der Waals surface area contributed by atoms with E-state index in [4.69, 9.17) is 9.47 Å². The maximum absolute atomic E-state index is 12.4. The first kappa shape index (κ1) is 15.9. The molecule has 0 radical (unpaired) electrons. The van der Waals surface area contributed by atoms with Gasteiger partial charge in [0.05, 0.1) is 14.2 Å². The number of rotatable bonds is 5. The lowest BCUT2D eigenvalue weighted by Crippen LogP contribution is -2.23. The molecule has 0 aliphatic carbocycles. The highest BCUT2D eigenvalue weighted by molar-refractivity contribution is 5.98. The van der Waals surface area contributed by atoms with Gasteiger partial charge in [-0.05, 0) is 41.1 Å². The highest BCUT2D eigenvalue weighted by Gasteiger charge is 2.09. The van der Waals surface area contributed by atoms with Gasteiger partial charge in [-0.1, -0.05) is 30.3 Å². The predicted molar refractivity (Wildman–Crippen MR) is 94.7 cm³/mol. The zero-order valence-electron chi connectivity index (χ0n) is 13.7. The monoisotopic (exact) mass is 321 g/mol. The molecule has 0 heterocycles. The summed E-state index contributed by atoms with van der Waals surface area (Å²) in [5.74, 6) is 1.32. The van der Waals surface area contributed by atoms with Gasteiger partial charge in [-0.2, -0.15) is 0 Å². The topological polar surface area (TPSA) is 47.6 Å². The third-order valence-corrected chi connectivity index (χ3v) is 3.94. The van der Waals surface area contributed by atoms with Gasteiger partial charge < -0.3 is 14.8 Å². The average molecular weight is 321 g/mol. The van der Waals surface area contributed by atoms with Gasteiger partial charge >= 0.3 is 0 Å². The highest BCUT2D eigenvalue weighted by atomic mass is 16.5. The molecule has 1 amide bonds. The average Bonchev–Trinajstić information content (AvgIpc) is 2.65. The van der Waals surface area contributed by atoms with E-state index in [1.807, 2.05) is 60.7 Å². The van der Waals surface area contributed by atoms with Crippen molar-refractivity contribution in [3.8, 4) is 11.5 Å². The van der Waals surface area contributed by atoms with Gasteiger partial charge in [0.15, 0.2) is 0 Å². The molecule has 3 aromatic rings. The van der Waals surface area contributed by atoms with Crippen LogP contribution >= 0.6 is 0 Å². The number of methoxy groups -OCH3 is 2. The second kappa shape index (κ2) is 7.04. The van der Waals surface area contributed by atoms with Crippen molar-refractivity contribution in [2.75, 3.05) is 14.2 Å². The van der Waals surface area contributed by atoms with Crippen molar-refractivity contribution in [2.45, 2.75) is 6.54 Å². The van der Waals surface area contributed by atoms with Crippen molar-refractivity contribution in [2.24, 2.45) is 0 Å². The Kier molecular flexibility index (Phi) is 4.66. The second-order valence-electron chi connectivity index (χ2n) is 5.42. The zero-order valence-corrected chi connectivity index (χ0v) is 13.7. The van der Waals surface area contributed by atoms with E-state index in [9.17, 15) is 4.79 Å². The van der Waals surface area contributed by atoms with Crippen LogP contribution < -0.4 is 14.8 Å². The summed E-state index contributed by atoms with van der Waals surface area (Å²) in [6, 6.07) is 19.2. The summed E-state index contributed by atoms with van der Waals surface area (Å²) in [7, 11) is 3.22. The van der Waals surface area contributed by atoms with Crippen LogP contribution in [0.5, 0.6) is 11.5 Å². The maximum atomic E-state index is 12.4. The first-order valence-electron chi connectivity index (χ1n) is 7.69. The summed E-state index contributed by atoms with van der Waals surface area (Å²) in [4.78, 5) is 12.4. The summed E-state index contributed by atoms with van der Waals surface area (Å²) in [6.45, 7) is 0.367. The number of ether oxygens (including phenoxy) is 2. The first-order valence-corrected chi connectivity index (χ1v) is 7.69. The molecule has 4 heteroatoms. The Labute approximate surface area is 141 Å². The number of amides is 1. The van der Waals surface area contributed by atoms with Crippen molar-refractivity contribution >= 4 is 16.7 Å². The number of carbonyl (C=O) groups is 1. The van der Waals surface area contributed by atoms with Crippen molar-refractivity contribution in [3.63, 3.8) is 0 Å². The van der Waals surface area contributed by atoms with Gasteiger partial charge in [0.25, 0.3) is 5.91 Å². The molecule has 0 atom stereocenters. The Morgan fingerprint density at radius 1 is 0.917 bits per heavy atom. The molecule has 0 saturated carbocycles. The molecule has 24 heavy (non-hydrogen) atoms. The third-order valence-electron chi connectivity index (χ3n) is 3.94. The van der Waals surface area contributed by atoms with E-state index < -0.39 is 0 Å². The van der Waals surface area contributed by atoms with Crippen LogP contribution in [0.1, 0.15) is 15.9 Å². The van der Waals surface area contributed by atoms with Crippen LogP contribution in [-0.4, -0.2) is 20.1 Å². The van der Waals surface area contributed by atoms with Crippen LogP contribution in [0.15, 0.2) is 60.7 Å². The molecule has 0 unspecified atom stereocenters. The molecule has 0 aliphatic rings. The number of carbonyl (C=O) groups excluding carboxylic acids is 1. The highest BCUT2D eigenvalue weighted by Crippen LogP contribution is 2.24. The standard InChI is InChI=1S/C20H19NO3/c1-23-18-9-10-19(24-2)17(12-18)13-21-20(22)16-8-7-14-5-3-4-6-15(14)11-16/h3-12H,13H2,1-2H3,(H,21,22). The van der Waals surface area contributed by atoms with Crippen LogP contribution in [0.4, 0.5) is 0 Å². The summed E-state index contributed by atoms with van der Waals surface area (Å²) >= 11 is 0. The number of hydrogen-bond acceptors (Lipinski definition) is 3. The Morgan fingerprint density at radius 3 is 2.46 bits per heavy atom. The molecular formula is C20H19NO3. The molecule has 0 saturated heterocycles. The lowest BCUT2D eigenvalue weighted by atomic mass is 10.1. The van der Waals surface area contributed by atoms with Gasteiger partial charge in [-0.3, -0.25) is 4.79 Å². The lowest BCUT2D eigenvalue weighted by molar-refractivity contribution is 0.0951. The van der Waals surface area contributed by atoms with Gasteiger partial charge in [0.1, 0.15) is 11.5 Å². The zero-order chi connectivity index (χ0) is 16.9. The van der Waals surface area contributed by atoms with Crippen LogP contribution in [0.2, 0.25) is 0 Å². The van der Waals surface area contributed by atoms with Crippen LogP contribution in [0.3, 0.4) is 0 Å². The van der Waals surface area contributed by atoms with Crippen LogP contribution in [0.25, 0.3) is 10.8 Å². The normalized spacial score (nSPS) is 10.4. The fourth-order valence-corrected chi connectivity index (χ4v) is 2.63. The summed E-state index contributed by atoms with van der Waals surface area (Å²) in [5.41, 5.74) is 1.50. The number of fused-ring (bicyclic) bond motifs is 1. The quantitative estimate of drug-likeness (QED) is 0.778. The Morgan fingerprint density at radius 2 is 1.71 bits per heavy atom. The lowest BCUT2D eigenvalue weighted by Gasteiger charge is -2.12. The van der Waals surface area contributed by atoms with Crippen molar-refractivity contribution in [1.82, 2.24) is 5.32 Å². The van der Waals surface area contributed by atoms with Gasteiger partial charge in [0.2, 0.25) is 0 Å². The van der Waals surface area contributed by atoms with E-state index in [1.54, 1.807) is 14.2 Å². The molecule has 4 nitrogen and oxygen atoms in total. The van der Waals surface area contributed by atoms with Crippen molar-refractivity contribution in [3.05, 3.63) is 71.8 Å². The third kappa shape index (κ3) is 3.33. The Balaban J connectivity index is 1.77. The van der Waals surface area contributed by atoms with E-state index in [-0.39, 0.29) is 5.91 Å². The fraction of sp³-hybridized carbons (Fsp3) is 0.150. The van der Waals surface area contributed by atoms with E-state index >= 15 is 0 Å². The van der Waals surface area contributed by atoms with Crippen LogP contribution in [-0.2, 0) is 6.54 Å². The Bertz CT molecular complexity index is 874.